The van der Waals surface area contributed by atoms with E-state index in [-0.39, 0.29) is 6.04 Å². The second-order valence-electron chi connectivity index (χ2n) is 6.55. The third kappa shape index (κ3) is 4.08. The van der Waals surface area contributed by atoms with Gasteiger partial charge in [0.1, 0.15) is 17.7 Å². The van der Waals surface area contributed by atoms with Crippen LogP contribution in [0.2, 0.25) is 5.02 Å². The summed E-state index contributed by atoms with van der Waals surface area (Å²) < 4.78 is 5.44. The minimum Gasteiger partial charge on any atom is -0.380 e. The molecule has 3 aromatic heterocycles. The van der Waals surface area contributed by atoms with E-state index < -0.39 is 0 Å². The van der Waals surface area contributed by atoms with E-state index in [0.29, 0.717) is 36.2 Å². The van der Waals surface area contributed by atoms with Crippen LogP contribution in [0.25, 0.3) is 22.1 Å². The fourth-order valence-corrected chi connectivity index (χ4v) is 3.42. The van der Waals surface area contributed by atoms with Crippen molar-refractivity contribution in [2.45, 2.75) is 19.9 Å². The quantitative estimate of drug-likeness (QED) is 0.374. The molecule has 0 radical (unpaired) electrons. The molecule has 8 nitrogen and oxygen atoms in total. The van der Waals surface area contributed by atoms with Crippen molar-refractivity contribution in [3.05, 3.63) is 47.5 Å². The minimum atomic E-state index is -0.0816. The molecule has 4 aromatic rings. The predicted molar refractivity (Wildman–Crippen MR) is 115 cm³/mol. The van der Waals surface area contributed by atoms with Gasteiger partial charge >= 0.3 is 0 Å². The molecule has 0 saturated heterocycles. The summed E-state index contributed by atoms with van der Waals surface area (Å²) in [6, 6.07) is 7.79. The number of ether oxygens (including phenoxy) is 1. The first kappa shape index (κ1) is 19.4. The van der Waals surface area contributed by atoms with Crippen molar-refractivity contribution in [3.8, 4) is 0 Å². The molecule has 0 saturated carbocycles. The third-order valence-electron chi connectivity index (χ3n) is 4.61. The number of pyridine rings is 1. The largest absolute Gasteiger partial charge is 0.380 e. The number of imidazole rings is 1. The van der Waals surface area contributed by atoms with Crippen LogP contribution in [-0.2, 0) is 4.74 Å². The zero-order valence-electron chi connectivity index (χ0n) is 16.2. The summed E-state index contributed by atoms with van der Waals surface area (Å²) in [5, 5.41) is 8.42. The van der Waals surface area contributed by atoms with E-state index >= 15 is 0 Å². The van der Waals surface area contributed by atoms with Crippen LogP contribution in [0.4, 0.5) is 11.6 Å². The van der Waals surface area contributed by atoms with Gasteiger partial charge in [-0.25, -0.2) is 19.9 Å². The van der Waals surface area contributed by atoms with Crippen LogP contribution in [0, 0.1) is 0 Å². The van der Waals surface area contributed by atoms with E-state index in [1.807, 2.05) is 25.1 Å². The van der Waals surface area contributed by atoms with E-state index in [4.69, 9.17) is 21.3 Å². The number of fused-ring (bicyclic) bond motifs is 2. The average molecular weight is 412 g/mol. The monoisotopic (exact) mass is 411 g/mol. The number of nitrogens with zero attached hydrogens (tertiary/aromatic N) is 4. The van der Waals surface area contributed by atoms with Crippen molar-refractivity contribution in [2.75, 3.05) is 30.4 Å². The van der Waals surface area contributed by atoms with E-state index in [1.54, 1.807) is 6.33 Å². The molecule has 0 unspecified atom stereocenters. The molecule has 0 fully saturated rings. The molecule has 0 bridgehead atoms. The van der Waals surface area contributed by atoms with Gasteiger partial charge in [0.25, 0.3) is 0 Å². The molecule has 1 aromatic carbocycles. The Hall–Kier alpha value is -2.97. The maximum absolute atomic E-state index is 6.37. The van der Waals surface area contributed by atoms with Crippen LogP contribution >= 0.6 is 11.6 Å². The van der Waals surface area contributed by atoms with Gasteiger partial charge in [-0.1, -0.05) is 23.7 Å². The van der Waals surface area contributed by atoms with Gasteiger partial charge in [0.05, 0.1) is 29.5 Å². The van der Waals surface area contributed by atoms with Crippen molar-refractivity contribution in [1.82, 2.24) is 24.9 Å². The highest BCUT2D eigenvalue weighted by molar-refractivity contribution is 6.35. The van der Waals surface area contributed by atoms with Crippen molar-refractivity contribution >= 4 is 45.3 Å². The molecule has 1 atom stereocenters. The molecule has 9 heteroatoms. The molecular formula is C20H22ClN7O. The summed E-state index contributed by atoms with van der Waals surface area (Å²) in [7, 11) is 0. The number of hydrogen-bond donors (Lipinski definition) is 3. The zero-order valence-corrected chi connectivity index (χ0v) is 17.0. The van der Waals surface area contributed by atoms with Gasteiger partial charge in [-0.15, -0.1) is 0 Å². The number of rotatable bonds is 8. The number of nitrogens with one attached hydrogen (secondary N) is 3. The lowest BCUT2D eigenvalue weighted by atomic mass is 10.1. The highest BCUT2D eigenvalue weighted by atomic mass is 35.5. The molecule has 0 amide bonds. The Morgan fingerprint density at radius 3 is 2.97 bits per heavy atom. The second-order valence-corrected chi connectivity index (χ2v) is 6.96. The van der Waals surface area contributed by atoms with Crippen LogP contribution in [0.5, 0.6) is 0 Å². The summed E-state index contributed by atoms with van der Waals surface area (Å²) in [5.74, 6) is 1.45. The van der Waals surface area contributed by atoms with Gasteiger partial charge in [0.15, 0.2) is 11.5 Å². The molecular weight excluding hydrogens is 390 g/mol. The number of aromatic nitrogens is 5. The average Bonchev–Trinajstić information content (AvgIpc) is 3.21. The number of anilines is 2. The molecule has 0 aliphatic heterocycles. The van der Waals surface area contributed by atoms with Crippen LogP contribution in [-0.4, -0.2) is 44.7 Å². The van der Waals surface area contributed by atoms with E-state index in [2.05, 4.69) is 43.6 Å². The summed E-state index contributed by atoms with van der Waals surface area (Å²) in [5.41, 5.74) is 3.15. The van der Waals surface area contributed by atoms with Crippen LogP contribution in [0.3, 0.4) is 0 Å². The van der Waals surface area contributed by atoms with E-state index in [1.165, 1.54) is 6.33 Å². The maximum Gasteiger partial charge on any atom is 0.182 e. The Morgan fingerprint density at radius 1 is 1.21 bits per heavy atom. The van der Waals surface area contributed by atoms with Crippen molar-refractivity contribution < 1.29 is 4.74 Å². The summed E-state index contributed by atoms with van der Waals surface area (Å²) in [4.78, 5) is 20.6. The number of halogens is 1. The maximum atomic E-state index is 6.37. The minimum absolute atomic E-state index is 0.0816. The number of H-pyrrole nitrogens is 1. The Morgan fingerprint density at radius 2 is 2.10 bits per heavy atom. The van der Waals surface area contributed by atoms with E-state index in [9.17, 15) is 0 Å². The standard InChI is InChI=1S/C20H22ClN7O/c1-3-29-8-7-22-18-14(9-13-5-4-6-15(21)16(13)28-18)12(2)27-20-17-19(24-10-23-17)25-11-26-20/h4-6,9-12H,3,7-8H2,1-2H3,(H,22,28)(H2,23,24,25,26,27)/t12-/m0/s1. The highest BCUT2D eigenvalue weighted by Crippen LogP contribution is 2.31. The summed E-state index contributed by atoms with van der Waals surface area (Å²) in [6.45, 7) is 5.96. The SMILES string of the molecule is CCOCCNc1nc2c(Cl)cccc2cc1[C@H](C)Nc1ncnc2nc[nH]c12. The van der Waals surface area contributed by atoms with Gasteiger partial charge in [0, 0.05) is 24.1 Å². The van der Waals surface area contributed by atoms with E-state index in [0.717, 1.165) is 27.8 Å². The number of hydrogen-bond acceptors (Lipinski definition) is 7. The van der Waals surface area contributed by atoms with Gasteiger partial charge in [0.2, 0.25) is 0 Å². The molecule has 29 heavy (non-hydrogen) atoms. The van der Waals surface area contributed by atoms with Crippen LogP contribution in [0.1, 0.15) is 25.5 Å². The Balaban J connectivity index is 1.68. The molecule has 0 spiro atoms. The summed E-state index contributed by atoms with van der Waals surface area (Å²) in [6.07, 6.45) is 3.10. The van der Waals surface area contributed by atoms with Crippen molar-refractivity contribution in [3.63, 3.8) is 0 Å². The third-order valence-corrected chi connectivity index (χ3v) is 4.92. The van der Waals surface area contributed by atoms with Gasteiger partial charge in [-0.2, -0.15) is 0 Å². The first-order valence-electron chi connectivity index (χ1n) is 9.48. The lowest BCUT2D eigenvalue weighted by molar-refractivity contribution is 0.158. The Kier molecular flexibility index (Phi) is 5.73. The fraction of sp³-hybridized carbons (Fsp3) is 0.300. The van der Waals surface area contributed by atoms with Crippen LogP contribution in [0.15, 0.2) is 36.9 Å². The van der Waals surface area contributed by atoms with Crippen LogP contribution < -0.4 is 10.6 Å². The fourth-order valence-electron chi connectivity index (χ4n) is 3.19. The second kappa shape index (κ2) is 8.59. The molecule has 4 rings (SSSR count). The Bertz CT molecular complexity index is 1130. The summed E-state index contributed by atoms with van der Waals surface area (Å²) >= 11 is 6.37. The molecule has 3 heterocycles. The lowest BCUT2D eigenvalue weighted by Gasteiger charge is -2.20. The lowest BCUT2D eigenvalue weighted by Crippen LogP contribution is -2.16. The molecule has 0 aliphatic carbocycles. The van der Waals surface area contributed by atoms with Gasteiger partial charge in [-0.05, 0) is 26.0 Å². The highest BCUT2D eigenvalue weighted by Gasteiger charge is 2.17. The smallest absolute Gasteiger partial charge is 0.182 e. The molecule has 0 aliphatic rings. The Labute approximate surface area is 173 Å². The molecule has 3 N–H and O–H groups in total. The first-order valence-corrected chi connectivity index (χ1v) is 9.86. The zero-order chi connectivity index (χ0) is 20.2. The number of para-hydroxylation sites is 1. The first-order chi connectivity index (χ1) is 14.2. The predicted octanol–water partition coefficient (Wildman–Crippen LogP) is 4.18. The normalized spacial score (nSPS) is 12.4. The number of aromatic amines is 1. The van der Waals surface area contributed by atoms with Crippen molar-refractivity contribution in [2.24, 2.45) is 0 Å². The molecule has 150 valence electrons. The van der Waals surface area contributed by atoms with Crippen molar-refractivity contribution in [1.29, 1.82) is 0 Å². The van der Waals surface area contributed by atoms with Gasteiger partial charge in [-0.3, -0.25) is 0 Å². The van der Waals surface area contributed by atoms with Gasteiger partial charge < -0.3 is 20.4 Å². The number of benzene rings is 1. The topological polar surface area (TPSA) is 101 Å².